The zero-order valence-electron chi connectivity index (χ0n) is 11.6. The molecule has 0 aliphatic heterocycles. The highest BCUT2D eigenvalue weighted by molar-refractivity contribution is 9.10. The summed E-state index contributed by atoms with van der Waals surface area (Å²) >= 11 is 3.42. The molecule has 4 heteroatoms. The summed E-state index contributed by atoms with van der Waals surface area (Å²) in [6, 6.07) is 13.9. The van der Waals surface area contributed by atoms with Gasteiger partial charge in [0.1, 0.15) is 0 Å². The Kier molecular flexibility index (Phi) is 3.80. The smallest absolute Gasteiger partial charge is 0.228 e. The highest BCUT2D eigenvalue weighted by Crippen LogP contribution is 2.22. The summed E-state index contributed by atoms with van der Waals surface area (Å²) in [5, 5.41) is 4.07. The van der Waals surface area contributed by atoms with Gasteiger partial charge in [-0.1, -0.05) is 40.2 Å². The van der Waals surface area contributed by atoms with Crippen LogP contribution in [0.1, 0.15) is 11.1 Å². The van der Waals surface area contributed by atoms with Crippen molar-refractivity contribution in [3.63, 3.8) is 0 Å². The van der Waals surface area contributed by atoms with Crippen molar-refractivity contribution in [2.75, 3.05) is 5.32 Å². The number of anilines is 1. The lowest BCUT2D eigenvalue weighted by Crippen LogP contribution is -2.15. The molecule has 0 spiro atoms. The molecule has 2 N–H and O–H groups in total. The van der Waals surface area contributed by atoms with Crippen LogP contribution in [0.2, 0.25) is 0 Å². The van der Waals surface area contributed by atoms with E-state index in [4.69, 9.17) is 0 Å². The number of hydrogen-bond donors (Lipinski definition) is 2. The van der Waals surface area contributed by atoms with E-state index in [9.17, 15) is 4.79 Å². The number of H-pyrrole nitrogens is 1. The number of nitrogens with one attached hydrogen (secondary N) is 2. The van der Waals surface area contributed by atoms with E-state index in [0.717, 1.165) is 32.2 Å². The van der Waals surface area contributed by atoms with Crippen molar-refractivity contribution in [1.82, 2.24) is 4.98 Å². The van der Waals surface area contributed by atoms with Crippen molar-refractivity contribution in [2.45, 2.75) is 13.3 Å². The molecule has 21 heavy (non-hydrogen) atoms. The van der Waals surface area contributed by atoms with E-state index in [0.29, 0.717) is 6.42 Å². The number of carbonyl (C=O) groups is 1. The summed E-state index contributed by atoms with van der Waals surface area (Å²) in [5.74, 6) is -0.0130. The Morgan fingerprint density at radius 1 is 1.24 bits per heavy atom. The Morgan fingerprint density at radius 2 is 2.05 bits per heavy atom. The molecule has 0 aliphatic carbocycles. The van der Waals surface area contributed by atoms with E-state index in [1.54, 1.807) is 0 Å². The summed E-state index contributed by atoms with van der Waals surface area (Å²) in [6.45, 7) is 1.98. The monoisotopic (exact) mass is 342 g/mol. The second kappa shape index (κ2) is 5.74. The molecule has 0 unspecified atom stereocenters. The van der Waals surface area contributed by atoms with Gasteiger partial charge in [-0.25, -0.2) is 0 Å². The quantitative estimate of drug-likeness (QED) is 0.726. The molecule has 2 aromatic carbocycles. The summed E-state index contributed by atoms with van der Waals surface area (Å²) in [5.41, 5.74) is 3.95. The molecule has 0 saturated carbocycles. The van der Waals surface area contributed by atoms with Gasteiger partial charge in [-0.05, 0) is 36.2 Å². The van der Waals surface area contributed by atoms with Gasteiger partial charge in [0.05, 0.1) is 6.42 Å². The van der Waals surface area contributed by atoms with E-state index < -0.39 is 0 Å². The first-order chi connectivity index (χ1) is 10.1. The minimum Gasteiger partial charge on any atom is -0.361 e. The molecule has 1 heterocycles. The molecule has 0 bridgehead atoms. The highest BCUT2D eigenvalue weighted by atomic mass is 79.9. The van der Waals surface area contributed by atoms with Crippen LogP contribution >= 0.6 is 15.9 Å². The molecule has 0 aliphatic rings. The molecule has 106 valence electrons. The summed E-state index contributed by atoms with van der Waals surface area (Å²) < 4.78 is 0.954. The normalized spacial score (nSPS) is 10.8. The van der Waals surface area contributed by atoms with Gasteiger partial charge in [-0.15, -0.1) is 0 Å². The van der Waals surface area contributed by atoms with Crippen LogP contribution in [0.3, 0.4) is 0 Å². The second-order valence-electron chi connectivity index (χ2n) is 5.04. The zero-order chi connectivity index (χ0) is 14.8. The molecule has 3 aromatic rings. The van der Waals surface area contributed by atoms with Gasteiger partial charge in [0, 0.05) is 27.3 Å². The predicted molar refractivity (Wildman–Crippen MR) is 89.5 cm³/mol. The number of benzene rings is 2. The fourth-order valence-electron chi connectivity index (χ4n) is 2.37. The number of aromatic nitrogens is 1. The third kappa shape index (κ3) is 3.00. The average Bonchev–Trinajstić information content (AvgIpc) is 2.86. The first kappa shape index (κ1) is 13.9. The maximum Gasteiger partial charge on any atom is 0.228 e. The molecule has 1 aromatic heterocycles. The summed E-state index contributed by atoms with van der Waals surface area (Å²) in [7, 11) is 0. The fourth-order valence-corrected chi connectivity index (χ4v) is 2.74. The maximum atomic E-state index is 12.2. The van der Waals surface area contributed by atoms with Gasteiger partial charge in [0.15, 0.2) is 0 Å². The van der Waals surface area contributed by atoms with Crippen LogP contribution in [0.5, 0.6) is 0 Å². The second-order valence-corrected chi connectivity index (χ2v) is 5.96. The third-order valence-corrected chi connectivity index (χ3v) is 3.99. The van der Waals surface area contributed by atoms with Crippen LogP contribution < -0.4 is 5.32 Å². The van der Waals surface area contributed by atoms with Crippen molar-refractivity contribution >= 4 is 38.4 Å². The zero-order valence-corrected chi connectivity index (χ0v) is 13.2. The van der Waals surface area contributed by atoms with Gasteiger partial charge in [-0.3, -0.25) is 4.79 Å². The third-order valence-electron chi connectivity index (χ3n) is 3.50. The van der Waals surface area contributed by atoms with Crippen LogP contribution in [0, 0.1) is 6.92 Å². The molecule has 0 radical (unpaired) electrons. The van der Waals surface area contributed by atoms with Crippen LogP contribution in [0.25, 0.3) is 10.9 Å². The van der Waals surface area contributed by atoms with Gasteiger partial charge in [0.2, 0.25) is 5.91 Å². The number of aromatic amines is 1. The molecule has 0 fully saturated rings. The lowest BCUT2D eigenvalue weighted by atomic mass is 10.1. The van der Waals surface area contributed by atoms with Crippen molar-refractivity contribution in [3.8, 4) is 0 Å². The van der Waals surface area contributed by atoms with Crippen molar-refractivity contribution < 1.29 is 4.79 Å². The first-order valence-electron chi connectivity index (χ1n) is 6.74. The van der Waals surface area contributed by atoms with E-state index in [2.05, 4.69) is 26.2 Å². The molecular weight excluding hydrogens is 328 g/mol. The highest BCUT2D eigenvalue weighted by Gasteiger charge is 2.10. The standard InChI is InChI=1S/C17H15BrN2O/c1-11-6-7-13(18)9-16(11)20-17(21)8-12-10-19-15-5-3-2-4-14(12)15/h2-7,9-10,19H,8H2,1H3,(H,20,21). The number of para-hydroxylation sites is 1. The maximum absolute atomic E-state index is 12.2. The number of rotatable bonds is 3. The number of fused-ring (bicyclic) bond motifs is 1. The first-order valence-corrected chi connectivity index (χ1v) is 7.54. The van der Waals surface area contributed by atoms with Gasteiger partial charge >= 0.3 is 0 Å². The lowest BCUT2D eigenvalue weighted by molar-refractivity contribution is -0.115. The van der Waals surface area contributed by atoms with Crippen molar-refractivity contribution in [1.29, 1.82) is 0 Å². The van der Waals surface area contributed by atoms with Gasteiger partial charge in [0.25, 0.3) is 0 Å². The Hall–Kier alpha value is -2.07. The molecule has 0 saturated heterocycles. The Balaban J connectivity index is 1.79. The van der Waals surface area contributed by atoms with E-state index >= 15 is 0 Å². The molecule has 0 atom stereocenters. The van der Waals surface area contributed by atoms with E-state index in [-0.39, 0.29) is 5.91 Å². The molecule has 3 nitrogen and oxygen atoms in total. The molecule has 1 amide bonds. The lowest BCUT2D eigenvalue weighted by Gasteiger charge is -2.08. The fraction of sp³-hybridized carbons (Fsp3) is 0.118. The van der Waals surface area contributed by atoms with Crippen LogP contribution in [-0.2, 0) is 11.2 Å². The Labute approximate surface area is 131 Å². The van der Waals surface area contributed by atoms with E-state index in [1.807, 2.05) is 55.6 Å². The van der Waals surface area contributed by atoms with E-state index in [1.165, 1.54) is 0 Å². The largest absolute Gasteiger partial charge is 0.361 e. The SMILES string of the molecule is Cc1ccc(Br)cc1NC(=O)Cc1c[nH]c2ccccc12. The number of hydrogen-bond acceptors (Lipinski definition) is 1. The molecular formula is C17H15BrN2O. The Bertz CT molecular complexity index is 807. The molecule has 3 rings (SSSR count). The topological polar surface area (TPSA) is 44.9 Å². The number of aryl methyl sites for hydroxylation is 1. The van der Waals surface area contributed by atoms with Crippen molar-refractivity contribution in [2.24, 2.45) is 0 Å². The van der Waals surface area contributed by atoms with Crippen LogP contribution in [0.15, 0.2) is 53.1 Å². The van der Waals surface area contributed by atoms with Crippen LogP contribution in [-0.4, -0.2) is 10.9 Å². The predicted octanol–water partition coefficient (Wildman–Crippen LogP) is 4.42. The number of amides is 1. The van der Waals surface area contributed by atoms with Crippen LogP contribution in [0.4, 0.5) is 5.69 Å². The van der Waals surface area contributed by atoms with Crippen molar-refractivity contribution in [3.05, 3.63) is 64.3 Å². The minimum atomic E-state index is -0.0130. The number of halogens is 1. The average molecular weight is 343 g/mol. The number of carbonyl (C=O) groups excluding carboxylic acids is 1. The van der Waals surface area contributed by atoms with Gasteiger partial charge in [-0.2, -0.15) is 0 Å². The Morgan fingerprint density at radius 3 is 2.90 bits per heavy atom. The summed E-state index contributed by atoms with van der Waals surface area (Å²) in [6.07, 6.45) is 2.26. The van der Waals surface area contributed by atoms with Gasteiger partial charge < -0.3 is 10.3 Å². The minimum absolute atomic E-state index is 0.0130. The summed E-state index contributed by atoms with van der Waals surface area (Å²) in [4.78, 5) is 15.4.